The molecule has 2 aliphatic rings. The summed E-state index contributed by atoms with van der Waals surface area (Å²) in [4.78, 5) is 16.8. The third-order valence-corrected chi connectivity index (χ3v) is 6.25. The predicted octanol–water partition coefficient (Wildman–Crippen LogP) is 4.43. The molecule has 0 bridgehead atoms. The number of nitrogens with one attached hydrogen (secondary N) is 1. The van der Waals surface area contributed by atoms with Gasteiger partial charge in [0.05, 0.1) is 18.2 Å². The lowest BCUT2D eigenvalue weighted by atomic mass is 9.74. The third-order valence-electron chi connectivity index (χ3n) is 6.25. The number of carbonyl (C=O) groups is 1. The van der Waals surface area contributed by atoms with Crippen molar-refractivity contribution in [3.05, 3.63) is 17.7 Å². The summed E-state index contributed by atoms with van der Waals surface area (Å²) in [6, 6.07) is 5.22. The molecule has 2 aliphatic carbocycles. The molecular weight excluding hydrogens is 404 g/mol. The van der Waals surface area contributed by atoms with Gasteiger partial charge in [0.15, 0.2) is 5.75 Å². The van der Waals surface area contributed by atoms with E-state index in [0.717, 1.165) is 19.3 Å². The summed E-state index contributed by atoms with van der Waals surface area (Å²) in [7, 11) is 1.42. The molecule has 1 unspecified atom stereocenters. The van der Waals surface area contributed by atoms with E-state index in [4.69, 9.17) is 4.74 Å². The van der Waals surface area contributed by atoms with Gasteiger partial charge in [-0.15, -0.1) is 0 Å². The van der Waals surface area contributed by atoms with Crippen molar-refractivity contribution in [2.24, 2.45) is 5.92 Å². The Morgan fingerprint density at radius 3 is 2.57 bits per heavy atom. The number of halogens is 4. The number of hydrogen-bond acceptors (Lipinski definition) is 4. The zero-order chi connectivity index (χ0) is 21.9. The topological polar surface area (TPSA) is 79.9 Å². The molecule has 10 heteroatoms. The van der Waals surface area contributed by atoms with Gasteiger partial charge < -0.3 is 9.30 Å². The zero-order valence-corrected chi connectivity index (χ0v) is 16.4. The van der Waals surface area contributed by atoms with E-state index < -0.39 is 42.1 Å². The molecule has 0 saturated heterocycles. The molecule has 0 radical (unpaired) electrons. The molecule has 1 aromatic heterocycles. The molecule has 0 spiro atoms. The van der Waals surface area contributed by atoms with Gasteiger partial charge in [-0.3, -0.25) is 10.1 Å². The molecule has 30 heavy (non-hydrogen) atoms. The fourth-order valence-electron chi connectivity index (χ4n) is 4.29. The average Bonchev–Trinajstić information content (AvgIpc) is 3.02. The number of nitriles is 1. The van der Waals surface area contributed by atoms with Gasteiger partial charge in [0.25, 0.3) is 0 Å². The molecule has 1 N–H and O–H groups in total. The van der Waals surface area contributed by atoms with E-state index in [-0.39, 0.29) is 5.95 Å². The number of methoxy groups -OCH3 is 1. The fourth-order valence-corrected chi connectivity index (χ4v) is 4.29. The second kappa shape index (κ2) is 6.59. The number of amides is 1. The standard InChI is InChI=1S/C20H20F4N4O2/c1-18(6-3-7-18)28-15-13(5-4-11(10-25)16(15)30-2)26-17(28)27-14(29)8-12-9-19(21,22)20(12,23)24/h4-5,12H,3,6-9H2,1-2H3,(H,26,27,29). The van der Waals surface area contributed by atoms with Crippen LogP contribution < -0.4 is 10.1 Å². The van der Waals surface area contributed by atoms with Crippen LogP contribution in [0.3, 0.4) is 0 Å². The minimum absolute atomic E-state index is 0.125. The minimum atomic E-state index is -4.20. The Kier molecular flexibility index (Phi) is 4.49. The van der Waals surface area contributed by atoms with Crippen LogP contribution in [0.25, 0.3) is 11.0 Å². The summed E-state index contributed by atoms with van der Waals surface area (Å²) < 4.78 is 60.5. The second-order valence-electron chi connectivity index (χ2n) is 8.23. The number of hydrogen-bond donors (Lipinski definition) is 1. The molecule has 4 rings (SSSR count). The largest absolute Gasteiger partial charge is 0.493 e. The Bertz CT molecular complexity index is 1070. The van der Waals surface area contributed by atoms with Crippen LogP contribution in [0.2, 0.25) is 0 Å². The van der Waals surface area contributed by atoms with Crippen molar-refractivity contribution in [1.29, 1.82) is 5.26 Å². The summed E-state index contributed by atoms with van der Waals surface area (Å²) >= 11 is 0. The van der Waals surface area contributed by atoms with Gasteiger partial charge in [0.2, 0.25) is 11.9 Å². The lowest BCUT2D eigenvalue weighted by Crippen LogP contribution is -2.59. The van der Waals surface area contributed by atoms with E-state index in [2.05, 4.69) is 16.4 Å². The molecule has 2 fully saturated rings. The lowest BCUT2D eigenvalue weighted by Gasteiger charge is -2.43. The first-order valence-corrected chi connectivity index (χ1v) is 9.59. The van der Waals surface area contributed by atoms with Crippen molar-refractivity contribution in [2.75, 3.05) is 12.4 Å². The Hall–Kier alpha value is -2.83. The number of nitrogens with zero attached hydrogens (tertiary/aromatic N) is 3. The minimum Gasteiger partial charge on any atom is -0.493 e. The molecule has 1 aromatic carbocycles. The maximum Gasteiger partial charge on any atom is 0.313 e. The fraction of sp³-hybridized carbons (Fsp3) is 0.550. The number of alkyl halides is 4. The van der Waals surface area contributed by atoms with Crippen molar-refractivity contribution < 1.29 is 27.1 Å². The van der Waals surface area contributed by atoms with E-state index >= 15 is 0 Å². The highest BCUT2D eigenvalue weighted by Gasteiger charge is 2.71. The highest BCUT2D eigenvalue weighted by molar-refractivity contribution is 5.94. The van der Waals surface area contributed by atoms with Crippen LogP contribution in [0.15, 0.2) is 12.1 Å². The Labute approximate surface area is 169 Å². The summed E-state index contributed by atoms with van der Waals surface area (Å²) in [6.07, 6.45) is 0.763. The number of anilines is 1. The Balaban J connectivity index is 1.70. The second-order valence-corrected chi connectivity index (χ2v) is 8.23. The first-order valence-electron chi connectivity index (χ1n) is 9.59. The normalized spacial score (nSPS) is 23.2. The Morgan fingerprint density at radius 2 is 2.07 bits per heavy atom. The van der Waals surface area contributed by atoms with Gasteiger partial charge in [-0.25, -0.2) is 4.98 Å². The predicted molar refractivity (Wildman–Crippen MR) is 99.7 cm³/mol. The SMILES string of the molecule is COc1c(C#N)ccc2nc(NC(=O)CC3CC(F)(F)C3(F)F)n(C3(C)CCC3)c12. The lowest BCUT2D eigenvalue weighted by molar-refractivity contribution is -0.313. The van der Waals surface area contributed by atoms with Crippen LogP contribution in [0.4, 0.5) is 23.5 Å². The molecule has 1 atom stereocenters. The van der Waals surface area contributed by atoms with Crippen LogP contribution >= 0.6 is 0 Å². The first kappa shape index (κ1) is 20.4. The molecule has 6 nitrogen and oxygen atoms in total. The monoisotopic (exact) mass is 424 g/mol. The number of rotatable bonds is 5. The summed E-state index contributed by atoms with van der Waals surface area (Å²) in [5.41, 5.74) is 0.874. The maximum atomic E-state index is 13.6. The number of benzene rings is 1. The van der Waals surface area contributed by atoms with Crippen LogP contribution in [0.5, 0.6) is 5.75 Å². The highest BCUT2D eigenvalue weighted by atomic mass is 19.3. The van der Waals surface area contributed by atoms with E-state index in [0.29, 0.717) is 22.3 Å². The van der Waals surface area contributed by atoms with E-state index in [1.54, 1.807) is 16.7 Å². The van der Waals surface area contributed by atoms with Crippen molar-refractivity contribution in [3.8, 4) is 11.8 Å². The zero-order valence-electron chi connectivity index (χ0n) is 16.4. The molecule has 160 valence electrons. The summed E-state index contributed by atoms with van der Waals surface area (Å²) in [5, 5.41) is 11.9. The molecule has 1 amide bonds. The molecule has 2 saturated carbocycles. The number of aromatic nitrogens is 2. The summed E-state index contributed by atoms with van der Waals surface area (Å²) in [6.45, 7) is 1.96. The van der Waals surface area contributed by atoms with Crippen molar-refractivity contribution in [2.45, 2.75) is 56.4 Å². The van der Waals surface area contributed by atoms with Crippen LogP contribution in [0, 0.1) is 17.2 Å². The third kappa shape index (κ3) is 2.82. The van der Waals surface area contributed by atoms with Crippen molar-refractivity contribution >= 4 is 22.9 Å². The van der Waals surface area contributed by atoms with Crippen molar-refractivity contribution in [1.82, 2.24) is 9.55 Å². The van der Waals surface area contributed by atoms with Gasteiger partial charge >= 0.3 is 11.8 Å². The van der Waals surface area contributed by atoms with E-state index in [1.165, 1.54) is 7.11 Å². The maximum absolute atomic E-state index is 13.6. The van der Waals surface area contributed by atoms with Gasteiger partial charge in [-0.05, 0) is 38.3 Å². The highest BCUT2D eigenvalue weighted by Crippen LogP contribution is 2.56. The van der Waals surface area contributed by atoms with E-state index in [9.17, 15) is 27.6 Å². The summed E-state index contributed by atoms with van der Waals surface area (Å²) in [5.74, 6) is -10.4. The van der Waals surface area contributed by atoms with Crippen LogP contribution in [-0.2, 0) is 10.3 Å². The van der Waals surface area contributed by atoms with Crippen LogP contribution in [-0.4, -0.2) is 34.4 Å². The smallest absolute Gasteiger partial charge is 0.313 e. The number of fused-ring (bicyclic) bond motifs is 1. The van der Waals surface area contributed by atoms with Crippen LogP contribution in [0.1, 0.15) is 44.6 Å². The quantitative estimate of drug-likeness (QED) is 0.720. The molecule has 0 aliphatic heterocycles. The van der Waals surface area contributed by atoms with Gasteiger partial charge in [0, 0.05) is 24.3 Å². The molecule has 2 aromatic rings. The molecular formula is C20H20F4N4O2. The van der Waals surface area contributed by atoms with Crippen molar-refractivity contribution in [3.63, 3.8) is 0 Å². The number of carbonyl (C=O) groups excluding carboxylic acids is 1. The van der Waals surface area contributed by atoms with E-state index in [1.807, 2.05) is 6.92 Å². The number of ether oxygens (including phenoxy) is 1. The van der Waals surface area contributed by atoms with Gasteiger partial charge in [-0.2, -0.15) is 22.8 Å². The Morgan fingerprint density at radius 1 is 1.37 bits per heavy atom. The van der Waals surface area contributed by atoms with Gasteiger partial charge in [0.1, 0.15) is 11.6 Å². The molecule has 1 heterocycles. The number of imidazole rings is 1. The first-order chi connectivity index (χ1) is 14.0. The average molecular weight is 424 g/mol. The van der Waals surface area contributed by atoms with Gasteiger partial charge in [-0.1, -0.05) is 0 Å².